The fourth-order valence-electron chi connectivity index (χ4n) is 2.80. The minimum atomic E-state index is 0.332. The Kier molecular flexibility index (Phi) is 4.96. The van der Waals surface area contributed by atoms with E-state index in [9.17, 15) is 0 Å². The molecule has 1 aromatic heterocycles. The lowest BCUT2D eigenvalue weighted by Crippen LogP contribution is -2.42. The Morgan fingerprint density at radius 1 is 1.47 bits per heavy atom. The predicted octanol–water partition coefficient (Wildman–Crippen LogP) is 4.48. The Bertz CT molecular complexity index is 414. The summed E-state index contributed by atoms with van der Waals surface area (Å²) in [5, 5.41) is 2.67. The van der Waals surface area contributed by atoms with Crippen LogP contribution in [0.1, 0.15) is 52.1 Å². The molecule has 0 aliphatic heterocycles. The topological polar surface area (TPSA) is 38.9 Å². The van der Waals surface area contributed by atoms with Gasteiger partial charge in [0, 0.05) is 22.4 Å². The number of aryl methyl sites for hydroxylation is 1. The van der Waals surface area contributed by atoms with E-state index in [0.717, 1.165) is 18.0 Å². The summed E-state index contributed by atoms with van der Waals surface area (Å²) in [4.78, 5) is 4.57. The monoisotopic (exact) mass is 298 g/mol. The number of thiazole rings is 1. The molecule has 0 spiro atoms. The molecule has 2 rings (SSSR count). The summed E-state index contributed by atoms with van der Waals surface area (Å²) < 4.78 is 1.19. The standard InChI is InChI=1S/C15H26N2S2/c1-5-15(3,4)11-6-7-12(16)13(8-11)19-14-17-10(2)9-18-14/h9,11-13H,5-8,16H2,1-4H3. The molecule has 0 saturated heterocycles. The van der Waals surface area contributed by atoms with E-state index in [-0.39, 0.29) is 0 Å². The first-order valence-electron chi connectivity index (χ1n) is 7.26. The fourth-order valence-corrected chi connectivity index (χ4v) is 5.16. The molecule has 1 aromatic rings. The average Bonchev–Trinajstić information content (AvgIpc) is 2.77. The maximum Gasteiger partial charge on any atom is 0.150 e. The van der Waals surface area contributed by atoms with Crippen LogP contribution >= 0.6 is 23.1 Å². The lowest BCUT2D eigenvalue weighted by molar-refractivity contribution is 0.148. The maximum atomic E-state index is 6.34. The zero-order chi connectivity index (χ0) is 14.0. The van der Waals surface area contributed by atoms with E-state index in [2.05, 4.69) is 38.1 Å². The molecule has 2 nitrogen and oxygen atoms in total. The predicted molar refractivity (Wildman–Crippen MR) is 85.9 cm³/mol. The van der Waals surface area contributed by atoms with Gasteiger partial charge in [0.05, 0.1) is 0 Å². The first-order chi connectivity index (χ1) is 8.92. The second-order valence-corrected chi connectivity index (χ2v) is 8.77. The molecule has 3 unspecified atom stereocenters. The highest BCUT2D eigenvalue weighted by molar-refractivity contribution is 8.01. The molecule has 0 amide bonds. The molecule has 3 atom stereocenters. The van der Waals surface area contributed by atoms with E-state index >= 15 is 0 Å². The smallest absolute Gasteiger partial charge is 0.150 e. The quantitative estimate of drug-likeness (QED) is 0.891. The minimum absolute atomic E-state index is 0.332. The highest BCUT2D eigenvalue weighted by Crippen LogP contribution is 2.44. The van der Waals surface area contributed by atoms with Gasteiger partial charge in [-0.1, -0.05) is 39.0 Å². The molecule has 108 valence electrons. The van der Waals surface area contributed by atoms with Gasteiger partial charge in [0.15, 0.2) is 0 Å². The highest BCUT2D eigenvalue weighted by atomic mass is 32.2. The average molecular weight is 299 g/mol. The van der Waals surface area contributed by atoms with Crippen LogP contribution in [0.25, 0.3) is 0 Å². The van der Waals surface area contributed by atoms with Gasteiger partial charge in [0.1, 0.15) is 4.34 Å². The summed E-state index contributed by atoms with van der Waals surface area (Å²) in [6.07, 6.45) is 4.94. The van der Waals surface area contributed by atoms with Crippen LogP contribution in [-0.4, -0.2) is 16.3 Å². The van der Waals surface area contributed by atoms with Crippen LogP contribution in [0.3, 0.4) is 0 Å². The Hall–Kier alpha value is -0.0600. The first kappa shape index (κ1) is 15.3. The molecule has 1 fully saturated rings. The molecular formula is C15H26N2S2. The summed E-state index contributed by atoms with van der Waals surface area (Å²) >= 11 is 3.66. The maximum absolute atomic E-state index is 6.34. The third kappa shape index (κ3) is 3.73. The lowest BCUT2D eigenvalue weighted by Gasteiger charge is -2.41. The number of hydrogen-bond donors (Lipinski definition) is 1. The van der Waals surface area contributed by atoms with E-state index in [1.54, 1.807) is 11.3 Å². The Labute approximate surface area is 125 Å². The Morgan fingerprint density at radius 2 is 2.21 bits per heavy atom. The molecular weight excluding hydrogens is 272 g/mol. The number of nitrogens with two attached hydrogens (primary N) is 1. The fraction of sp³-hybridized carbons (Fsp3) is 0.800. The molecule has 0 radical (unpaired) electrons. The van der Waals surface area contributed by atoms with Crippen molar-refractivity contribution in [2.45, 2.75) is 69.0 Å². The molecule has 0 aromatic carbocycles. The van der Waals surface area contributed by atoms with Crippen LogP contribution < -0.4 is 5.73 Å². The minimum Gasteiger partial charge on any atom is -0.327 e. The van der Waals surface area contributed by atoms with Gasteiger partial charge >= 0.3 is 0 Å². The summed E-state index contributed by atoms with van der Waals surface area (Å²) in [6.45, 7) is 9.18. The van der Waals surface area contributed by atoms with E-state index in [0.29, 0.717) is 16.7 Å². The summed E-state index contributed by atoms with van der Waals surface area (Å²) in [6, 6.07) is 0.332. The second-order valence-electron chi connectivity index (χ2n) is 6.43. The van der Waals surface area contributed by atoms with Crippen molar-refractivity contribution < 1.29 is 0 Å². The molecule has 1 heterocycles. The molecule has 1 aliphatic rings. The number of rotatable bonds is 4. The Balaban J connectivity index is 2.02. The summed E-state index contributed by atoms with van der Waals surface area (Å²) in [5.41, 5.74) is 7.91. The van der Waals surface area contributed by atoms with Gasteiger partial charge in [-0.15, -0.1) is 11.3 Å². The number of nitrogens with zero attached hydrogens (tertiary/aromatic N) is 1. The largest absolute Gasteiger partial charge is 0.327 e. The van der Waals surface area contributed by atoms with Crippen LogP contribution in [0.4, 0.5) is 0 Å². The van der Waals surface area contributed by atoms with E-state index in [1.807, 2.05) is 11.8 Å². The molecule has 1 aliphatic carbocycles. The number of thioether (sulfide) groups is 1. The summed E-state index contributed by atoms with van der Waals surface area (Å²) in [5.74, 6) is 0.802. The van der Waals surface area contributed by atoms with Gasteiger partial charge in [0.25, 0.3) is 0 Å². The first-order valence-corrected chi connectivity index (χ1v) is 9.02. The zero-order valence-corrected chi connectivity index (χ0v) is 14.1. The SMILES string of the molecule is CCC(C)(C)C1CCC(N)C(Sc2nc(C)cs2)C1. The normalized spacial score (nSPS) is 28.6. The van der Waals surface area contributed by atoms with Crippen molar-refractivity contribution in [3.05, 3.63) is 11.1 Å². The van der Waals surface area contributed by atoms with Crippen molar-refractivity contribution in [3.63, 3.8) is 0 Å². The van der Waals surface area contributed by atoms with Crippen LogP contribution in [0.5, 0.6) is 0 Å². The van der Waals surface area contributed by atoms with Gasteiger partial charge in [-0.25, -0.2) is 4.98 Å². The van der Waals surface area contributed by atoms with Gasteiger partial charge in [-0.05, 0) is 37.5 Å². The third-order valence-corrected chi connectivity index (χ3v) is 7.18. The molecule has 0 bridgehead atoms. The summed E-state index contributed by atoms with van der Waals surface area (Å²) in [7, 11) is 0. The van der Waals surface area contributed by atoms with Gasteiger partial charge in [-0.3, -0.25) is 0 Å². The van der Waals surface area contributed by atoms with E-state index in [4.69, 9.17) is 5.73 Å². The zero-order valence-electron chi connectivity index (χ0n) is 12.5. The van der Waals surface area contributed by atoms with Gasteiger partial charge in [-0.2, -0.15) is 0 Å². The van der Waals surface area contributed by atoms with Gasteiger partial charge in [0.2, 0.25) is 0 Å². The van der Waals surface area contributed by atoms with Crippen molar-refractivity contribution in [1.82, 2.24) is 4.98 Å². The third-order valence-electron chi connectivity index (χ3n) is 4.71. The van der Waals surface area contributed by atoms with Crippen molar-refractivity contribution in [2.24, 2.45) is 17.1 Å². The van der Waals surface area contributed by atoms with Gasteiger partial charge < -0.3 is 5.73 Å². The van der Waals surface area contributed by atoms with Crippen LogP contribution in [0, 0.1) is 18.3 Å². The van der Waals surface area contributed by atoms with Crippen molar-refractivity contribution >= 4 is 23.1 Å². The second kappa shape index (κ2) is 6.15. The Morgan fingerprint density at radius 3 is 2.79 bits per heavy atom. The number of aromatic nitrogens is 1. The van der Waals surface area contributed by atoms with E-state index in [1.165, 1.54) is 23.6 Å². The van der Waals surface area contributed by atoms with Crippen molar-refractivity contribution in [3.8, 4) is 0 Å². The molecule has 4 heteroatoms. The number of hydrogen-bond acceptors (Lipinski definition) is 4. The lowest BCUT2D eigenvalue weighted by atomic mass is 9.69. The molecule has 1 saturated carbocycles. The van der Waals surface area contributed by atoms with Crippen LogP contribution in [-0.2, 0) is 0 Å². The van der Waals surface area contributed by atoms with Crippen LogP contribution in [0.2, 0.25) is 0 Å². The molecule has 2 N–H and O–H groups in total. The van der Waals surface area contributed by atoms with Crippen molar-refractivity contribution in [1.29, 1.82) is 0 Å². The van der Waals surface area contributed by atoms with Crippen molar-refractivity contribution in [2.75, 3.05) is 0 Å². The van der Waals surface area contributed by atoms with E-state index < -0.39 is 0 Å². The molecule has 19 heavy (non-hydrogen) atoms. The van der Waals surface area contributed by atoms with Crippen LogP contribution in [0.15, 0.2) is 9.72 Å². The highest BCUT2D eigenvalue weighted by Gasteiger charge is 2.36.